The van der Waals surface area contributed by atoms with Crippen LogP contribution in [0.4, 0.5) is 4.79 Å². The zero-order chi connectivity index (χ0) is 7.68. The minimum Gasteiger partial charge on any atom is -0.427 e. The van der Waals surface area contributed by atoms with Gasteiger partial charge in [0.15, 0.2) is 6.23 Å². The quantitative estimate of drug-likeness (QED) is 0.606. The molecule has 62 valence electrons. The van der Waals surface area contributed by atoms with Crippen molar-refractivity contribution in [2.24, 2.45) is 0 Å². The first-order valence-electron chi connectivity index (χ1n) is 3.70. The third-order valence-electron chi connectivity index (χ3n) is 1.85. The van der Waals surface area contributed by atoms with Crippen LogP contribution in [0.3, 0.4) is 0 Å². The number of nitrogens with one attached hydrogen (secondary N) is 2. The Morgan fingerprint density at radius 3 is 3.09 bits per heavy atom. The maximum atomic E-state index is 10.6. The summed E-state index contributed by atoms with van der Waals surface area (Å²) in [6.45, 7) is 0. The molecule has 5 heteroatoms. The number of carbonyl (C=O) groups excluding carboxylic acids is 1. The Hall–Kier alpha value is -0.420. The molecule has 2 saturated heterocycles. The highest BCUT2D eigenvalue weighted by Crippen LogP contribution is 2.29. The SMILES string of the molecule is O=C1NNC(C2CCCS2)O1. The van der Waals surface area contributed by atoms with Gasteiger partial charge in [-0.1, -0.05) is 0 Å². The van der Waals surface area contributed by atoms with Gasteiger partial charge in [-0.2, -0.15) is 17.2 Å². The number of hydrogen-bond donors (Lipinski definition) is 2. The van der Waals surface area contributed by atoms with Gasteiger partial charge < -0.3 is 4.74 Å². The fourth-order valence-electron chi connectivity index (χ4n) is 1.31. The first-order valence-corrected chi connectivity index (χ1v) is 4.75. The molecule has 2 aliphatic heterocycles. The fraction of sp³-hybridized carbons (Fsp3) is 0.833. The van der Waals surface area contributed by atoms with Crippen molar-refractivity contribution < 1.29 is 9.53 Å². The highest BCUT2D eigenvalue weighted by Gasteiger charge is 2.32. The molecule has 4 nitrogen and oxygen atoms in total. The number of hydrazine groups is 1. The second-order valence-electron chi connectivity index (χ2n) is 2.65. The maximum absolute atomic E-state index is 10.6. The van der Waals surface area contributed by atoms with Gasteiger partial charge in [0.05, 0.1) is 5.25 Å². The number of ether oxygens (including phenoxy) is 1. The molecule has 2 fully saturated rings. The minimum atomic E-state index is -0.359. The number of amides is 1. The molecule has 2 aliphatic rings. The Balaban J connectivity index is 1.90. The van der Waals surface area contributed by atoms with Crippen LogP contribution in [0.15, 0.2) is 0 Å². The van der Waals surface area contributed by atoms with Gasteiger partial charge in [0, 0.05) is 0 Å². The average molecular weight is 174 g/mol. The normalized spacial score (nSPS) is 36.9. The van der Waals surface area contributed by atoms with Gasteiger partial charge in [-0.3, -0.25) is 5.43 Å². The zero-order valence-corrected chi connectivity index (χ0v) is 6.82. The molecule has 0 aromatic rings. The Kier molecular flexibility index (Phi) is 1.91. The van der Waals surface area contributed by atoms with Gasteiger partial charge >= 0.3 is 6.09 Å². The largest absolute Gasteiger partial charge is 0.427 e. The molecule has 11 heavy (non-hydrogen) atoms. The molecule has 1 amide bonds. The van der Waals surface area contributed by atoms with Gasteiger partial charge in [-0.15, -0.1) is 0 Å². The van der Waals surface area contributed by atoms with Gasteiger partial charge in [0.25, 0.3) is 0 Å². The summed E-state index contributed by atoms with van der Waals surface area (Å²) in [5.41, 5.74) is 5.23. The molecular weight excluding hydrogens is 164 g/mol. The summed E-state index contributed by atoms with van der Waals surface area (Å²) >= 11 is 1.86. The van der Waals surface area contributed by atoms with Crippen molar-refractivity contribution in [2.75, 3.05) is 5.75 Å². The van der Waals surface area contributed by atoms with E-state index in [0.29, 0.717) is 5.25 Å². The molecule has 2 unspecified atom stereocenters. The summed E-state index contributed by atoms with van der Waals surface area (Å²) in [5.74, 6) is 1.18. The second kappa shape index (κ2) is 2.91. The van der Waals surface area contributed by atoms with Gasteiger partial charge in [0.1, 0.15) is 0 Å². The van der Waals surface area contributed by atoms with Crippen molar-refractivity contribution in [3.8, 4) is 0 Å². The van der Waals surface area contributed by atoms with Crippen LogP contribution in [-0.4, -0.2) is 23.3 Å². The number of thioether (sulfide) groups is 1. The molecule has 0 bridgehead atoms. The van der Waals surface area contributed by atoms with Crippen molar-refractivity contribution in [1.29, 1.82) is 0 Å². The van der Waals surface area contributed by atoms with E-state index in [0.717, 1.165) is 6.42 Å². The molecule has 2 rings (SSSR count). The molecule has 0 aromatic heterocycles. The van der Waals surface area contributed by atoms with Crippen LogP contribution in [0.1, 0.15) is 12.8 Å². The second-order valence-corrected chi connectivity index (χ2v) is 3.99. The molecule has 0 aromatic carbocycles. The van der Waals surface area contributed by atoms with Crippen molar-refractivity contribution >= 4 is 17.9 Å². The van der Waals surface area contributed by atoms with E-state index in [-0.39, 0.29) is 12.3 Å². The number of rotatable bonds is 1. The highest BCUT2D eigenvalue weighted by atomic mass is 32.2. The number of hydrogen-bond acceptors (Lipinski definition) is 4. The molecule has 0 aliphatic carbocycles. The zero-order valence-electron chi connectivity index (χ0n) is 6.00. The first-order chi connectivity index (χ1) is 5.36. The molecule has 0 spiro atoms. The summed E-state index contributed by atoms with van der Waals surface area (Å²) < 4.78 is 4.96. The van der Waals surface area contributed by atoms with Gasteiger partial charge in [-0.05, 0) is 18.6 Å². The van der Waals surface area contributed by atoms with E-state index in [1.54, 1.807) is 0 Å². The van der Waals surface area contributed by atoms with E-state index in [4.69, 9.17) is 4.74 Å². The van der Waals surface area contributed by atoms with Crippen LogP contribution >= 0.6 is 11.8 Å². The van der Waals surface area contributed by atoms with E-state index in [1.807, 2.05) is 11.8 Å². The standard InChI is InChI=1S/C6H10N2O2S/c9-6-8-7-5(10-6)4-2-1-3-11-4/h4-5,7H,1-3H2,(H,8,9). The van der Waals surface area contributed by atoms with Crippen molar-refractivity contribution in [3.63, 3.8) is 0 Å². The number of carbonyl (C=O) groups is 1. The summed E-state index contributed by atoms with van der Waals surface area (Å²) in [6.07, 6.45) is 1.89. The lowest BCUT2D eigenvalue weighted by Gasteiger charge is -2.13. The summed E-state index contributed by atoms with van der Waals surface area (Å²) in [5, 5.41) is 0.439. The molecular formula is C6H10N2O2S. The monoisotopic (exact) mass is 174 g/mol. The van der Waals surface area contributed by atoms with Crippen LogP contribution in [0.25, 0.3) is 0 Å². The average Bonchev–Trinajstić information content (AvgIpc) is 2.55. The van der Waals surface area contributed by atoms with Crippen molar-refractivity contribution in [3.05, 3.63) is 0 Å². The molecule has 2 heterocycles. The Morgan fingerprint density at radius 1 is 1.64 bits per heavy atom. The summed E-state index contributed by atoms with van der Waals surface area (Å²) in [6, 6.07) is 0. The Labute approximate surface area is 69.0 Å². The minimum absolute atomic E-state index is 0.116. The molecule has 0 saturated carbocycles. The molecule has 2 atom stereocenters. The lowest BCUT2D eigenvalue weighted by atomic mass is 10.2. The first kappa shape index (κ1) is 7.24. The fourth-order valence-corrected chi connectivity index (χ4v) is 2.58. The van der Waals surface area contributed by atoms with Gasteiger partial charge in [0.2, 0.25) is 0 Å². The third-order valence-corrected chi connectivity index (χ3v) is 3.29. The van der Waals surface area contributed by atoms with Crippen LogP contribution in [0.5, 0.6) is 0 Å². The van der Waals surface area contributed by atoms with Crippen LogP contribution in [0, 0.1) is 0 Å². The van der Waals surface area contributed by atoms with E-state index in [2.05, 4.69) is 10.9 Å². The van der Waals surface area contributed by atoms with Crippen LogP contribution in [-0.2, 0) is 4.74 Å². The Morgan fingerprint density at radius 2 is 2.55 bits per heavy atom. The van der Waals surface area contributed by atoms with E-state index < -0.39 is 0 Å². The van der Waals surface area contributed by atoms with E-state index >= 15 is 0 Å². The van der Waals surface area contributed by atoms with Crippen LogP contribution in [0.2, 0.25) is 0 Å². The predicted molar refractivity (Wildman–Crippen MR) is 42.0 cm³/mol. The topological polar surface area (TPSA) is 50.4 Å². The number of cyclic esters (lactones) is 1. The van der Waals surface area contributed by atoms with E-state index in [9.17, 15) is 4.79 Å². The molecule has 0 radical (unpaired) electrons. The summed E-state index contributed by atoms with van der Waals surface area (Å²) in [4.78, 5) is 10.6. The third kappa shape index (κ3) is 1.44. The predicted octanol–water partition coefficient (Wildman–Crippen LogP) is 0.452. The lowest BCUT2D eigenvalue weighted by molar-refractivity contribution is 0.127. The van der Waals surface area contributed by atoms with Crippen molar-refractivity contribution in [2.45, 2.75) is 24.3 Å². The lowest BCUT2D eigenvalue weighted by Crippen LogP contribution is -2.37. The highest BCUT2D eigenvalue weighted by molar-refractivity contribution is 8.00. The van der Waals surface area contributed by atoms with Gasteiger partial charge in [-0.25, -0.2) is 4.79 Å². The Bertz CT molecular complexity index is 170. The van der Waals surface area contributed by atoms with Crippen LogP contribution < -0.4 is 10.9 Å². The maximum Gasteiger partial charge on any atom is 0.423 e. The van der Waals surface area contributed by atoms with E-state index in [1.165, 1.54) is 12.2 Å². The van der Waals surface area contributed by atoms with Crippen molar-refractivity contribution in [1.82, 2.24) is 10.9 Å². The molecule has 2 N–H and O–H groups in total. The smallest absolute Gasteiger partial charge is 0.423 e. The summed E-state index contributed by atoms with van der Waals surface area (Å²) in [7, 11) is 0.